The van der Waals surface area contributed by atoms with E-state index in [0.717, 1.165) is 6.07 Å². The van der Waals surface area contributed by atoms with Gasteiger partial charge in [0.25, 0.3) is 0 Å². The average Bonchev–Trinajstić information content (AvgIpc) is 2.11. The van der Waals surface area contributed by atoms with Crippen LogP contribution < -0.4 is 11.1 Å². The molecule has 1 aromatic carbocycles. The van der Waals surface area contributed by atoms with Gasteiger partial charge in [0, 0.05) is 6.04 Å². The van der Waals surface area contributed by atoms with E-state index in [1.54, 1.807) is 0 Å². The van der Waals surface area contributed by atoms with Gasteiger partial charge >= 0.3 is 6.18 Å². The van der Waals surface area contributed by atoms with Crippen molar-refractivity contribution in [1.82, 2.24) is 0 Å². The van der Waals surface area contributed by atoms with Crippen LogP contribution in [0.3, 0.4) is 0 Å². The summed E-state index contributed by atoms with van der Waals surface area (Å²) in [7, 11) is 0. The number of hydrogen-bond donors (Lipinski definition) is 2. The Bertz CT molecular complexity index is 401. The maximum absolute atomic E-state index is 13.1. The van der Waals surface area contributed by atoms with E-state index in [1.165, 1.54) is 19.9 Å². The highest BCUT2D eigenvalue weighted by Crippen LogP contribution is 2.27. The second kappa shape index (κ2) is 4.81. The molecule has 0 fully saturated rings. The molecule has 1 atom stereocenters. The van der Waals surface area contributed by atoms with E-state index < -0.39 is 24.5 Å². The minimum Gasteiger partial charge on any atom is -0.397 e. The number of halogens is 4. The molecule has 0 aliphatic carbocycles. The minimum absolute atomic E-state index is 0.0992. The normalized spacial score (nSPS) is 13.5. The summed E-state index contributed by atoms with van der Waals surface area (Å²) >= 11 is 0. The fourth-order valence-corrected chi connectivity index (χ4v) is 1.49. The molecule has 1 rings (SSSR count). The molecule has 0 bridgehead atoms. The van der Waals surface area contributed by atoms with Crippen molar-refractivity contribution in [3.63, 3.8) is 0 Å². The van der Waals surface area contributed by atoms with Crippen molar-refractivity contribution in [1.29, 1.82) is 0 Å². The van der Waals surface area contributed by atoms with E-state index in [0.29, 0.717) is 11.3 Å². The van der Waals surface area contributed by atoms with Crippen molar-refractivity contribution in [3.05, 3.63) is 23.5 Å². The van der Waals surface area contributed by atoms with Crippen LogP contribution in [-0.2, 0) is 0 Å². The van der Waals surface area contributed by atoms with Crippen LogP contribution in [0.4, 0.5) is 28.9 Å². The lowest BCUT2D eigenvalue weighted by molar-refractivity contribution is -0.136. The summed E-state index contributed by atoms with van der Waals surface area (Å²) in [5.74, 6) is -0.475. The van der Waals surface area contributed by atoms with Crippen molar-refractivity contribution in [2.45, 2.75) is 32.5 Å². The predicted octanol–water partition coefficient (Wildman–Crippen LogP) is 3.47. The van der Waals surface area contributed by atoms with Gasteiger partial charge in [-0.1, -0.05) is 0 Å². The van der Waals surface area contributed by atoms with Gasteiger partial charge in [-0.2, -0.15) is 13.2 Å². The van der Waals surface area contributed by atoms with Gasteiger partial charge < -0.3 is 11.1 Å². The highest BCUT2D eigenvalue weighted by atomic mass is 19.4. The van der Waals surface area contributed by atoms with Crippen LogP contribution in [0, 0.1) is 12.7 Å². The van der Waals surface area contributed by atoms with E-state index in [2.05, 4.69) is 5.32 Å². The molecule has 1 aromatic rings. The molecule has 0 spiro atoms. The van der Waals surface area contributed by atoms with Crippen molar-refractivity contribution in [2.75, 3.05) is 11.1 Å². The molecule has 0 aromatic heterocycles. The number of nitrogen functional groups attached to an aromatic ring is 1. The monoisotopic (exact) mass is 250 g/mol. The minimum atomic E-state index is -4.24. The van der Waals surface area contributed by atoms with Crippen LogP contribution >= 0.6 is 0 Å². The summed E-state index contributed by atoms with van der Waals surface area (Å²) in [6.45, 7) is 2.92. The summed E-state index contributed by atoms with van der Waals surface area (Å²) in [4.78, 5) is 0. The topological polar surface area (TPSA) is 38.0 Å². The zero-order chi connectivity index (χ0) is 13.2. The van der Waals surface area contributed by atoms with Crippen LogP contribution in [0.2, 0.25) is 0 Å². The second-order valence-electron chi connectivity index (χ2n) is 4.05. The number of nitrogens with one attached hydrogen (secondary N) is 1. The first-order valence-corrected chi connectivity index (χ1v) is 5.08. The van der Waals surface area contributed by atoms with E-state index in [-0.39, 0.29) is 5.69 Å². The molecule has 6 heteroatoms. The van der Waals surface area contributed by atoms with Crippen LogP contribution in [0.15, 0.2) is 12.1 Å². The molecule has 0 aliphatic heterocycles. The Morgan fingerprint density at radius 3 is 2.47 bits per heavy atom. The first kappa shape index (κ1) is 13.6. The van der Waals surface area contributed by atoms with Crippen molar-refractivity contribution in [3.8, 4) is 0 Å². The summed E-state index contributed by atoms with van der Waals surface area (Å²) in [5.41, 5.74) is 6.27. The third-order valence-corrected chi connectivity index (χ3v) is 2.27. The molecule has 96 valence electrons. The van der Waals surface area contributed by atoms with Crippen LogP contribution in [0.5, 0.6) is 0 Å². The van der Waals surface area contributed by atoms with Crippen LogP contribution in [0.1, 0.15) is 18.9 Å². The lowest BCUT2D eigenvalue weighted by Gasteiger charge is -2.18. The molecular weight excluding hydrogens is 236 g/mol. The van der Waals surface area contributed by atoms with Gasteiger partial charge in [-0.25, -0.2) is 4.39 Å². The van der Waals surface area contributed by atoms with Crippen molar-refractivity contribution in [2.24, 2.45) is 0 Å². The number of aryl methyl sites for hydroxylation is 1. The maximum Gasteiger partial charge on any atom is 0.391 e. The zero-order valence-corrected chi connectivity index (χ0v) is 9.53. The third-order valence-electron chi connectivity index (χ3n) is 2.27. The first-order chi connectivity index (χ1) is 7.69. The Balaban J connectivity index is 2.78. The van der Waals surface area contributed by atoms with Crippen LogP contribution in [-0.4, -0.2) is 12.2 Å². The summed E-state index contributed by atoms with van der Waals surface area (Å²) in [6, 6.07) is 1.68. The van der Waals surface area contributed by atoms with Gasteiger partial charge in [0.2, 0.25) is 0 Å². The van der Waals surface area contributed by atoms with Crippen LogP contribution in [0.25, 0.3) is 0 Å². The Morgan fingerprint density at radius 2 is 1.94 bits per heavy atom. The lowest BCUT2D eigenvalue weighted by atomic mass is 10.1. The molecule has 2 nitrogen and oxygen atoms in total. The largest absolute Gasteiger partial charge is 0.397 e. The van der Waals surface area contributed by atoms with Gasteiger partial charge in [0.1, 0.15) is 5.82 Å². The summed E-state index contributed by atoms with van der Waals surface area (Å²) in [5, 5.41) is 2.62. The SMILES string of the molecule is Cc1cc(NC(C)CC(F)(F)F)c(N)cc1F. The van der Waals surface area contributed by atoms with Crippen molar-refractivity contribution < 1.29 is 17.6 Å². The number of nitrogens with two attached hydrogens (primary N) is 1. The Kier molecular flexibility index (Phi) is 3.85. The molecule has 0 saturated heterocycles. The standard InChI is InChI=1S/C11H14F4N2/c1-6-3-10(9(16)4-8(6)12)17-7(2)5-11(13,14)15/h3-4,7,17H,5,16H2,1-2H3. The second-order valence-corrected chi connectivity index (χ2v) is 4.05. The maximum atomic E-state index is 13.1. The van der Waals surface area contributed by atoms with E-state index in [9.17, 15) is 17.6 Å². The Labute approximate surface area is 96.8 Å². The lowest BCUT2D eigenvalue weighted by Crippen LogP contribution is -2.24. The van der Waals surface area contributed by atoms with Gasteiger partial charge in [-0.05, 0) is 31.5 Å². The van der Waals surface area contributed by atoms with Gasteiger partial charge in [0.15, 0.2) is 0 Å². The molecule has 0 saturated carbocycles. The number of benzene rings is 1. The molecule has 0 radical (unpaired) electrons. The number of anilines is 2. The smallest absolute Gasteiger partial charge is 0.391 e. The Hall–Kier alpha value is -1.46. The molecular formula is C11H14F4N2. The van der Waals surface area contributed by atoms with Gasteiger partial charge in [-0.15, -0.1) is 0 Å². The highest BCUT2D eigenvalue weighted by molar-refractivity contribution is 5.67. The zero-order valence-electron chi connectivity index (χ0n) is 9.53. The van der Waals surface area contributed by atoms with Crippen molar-refractivity contribution >= 4 is 11.4 Å². The third kappa shape index (κ3) is 4.13. The molecule has 1 unspecified atom stereocenters. The quantitative estimate of drug-likeness (QED) is 0.636. The van der Waals surface area contributed by atoms with E-state index in [4.69, 9.17) is 5.73 Å². The summed E-state index contributed by atoms with van der Waals surface area (Å²) in [6.07, 6.45) is -5.21. The Morgan fingerprint density at radius 1 is 1.35 bits per heavy atom. The van der Waals surface area contributed by atoms with Gasteiger partial charge in [0.05, 0.1) is 17.8 Å². The fraction of sp³-hybridized carbons (Fsp3) is 0.455. The predicted molar refractivity (Wildman–Crippen MR) is 59.3 cm³/mol. The molecule has 0 amide bonds. The number of alkyl halides is 3. The summed E-state index contributed by atoms with van der Waals surface area (Å²) < 4.78 is 49.4. The molecule has 0 aliphatic rings. The highest BCUT2D eigenvalue weighted by Gasteiger charge is 2.30. The van der Waals surface area contributed by atoms with E-state index in [1.807, 2.05) is 0 Å². The van der Waals surface area contributed by atoms with E-state index >= 15 is 0 Å². The molecule has 17 heavy (non-hydrogen) atoms. The number of hydrogen-bond acceptors (Lipinski definition) is 2. The fourth-order valence-electron chi connectivity index (χ4n) is 1.49. The molecule has 0 heterocycles. The average molecular weight is 250 g/mol. The van der Waals surface area contributed by atoms with Gasteiger partial charge in [-0.3, -0.25) is 0 Å². The number of rotatable bonds is 3. The first-order valence-electron chi connectivity index (χ1n) is 5.08. The molecule has 3 N–H and O–H groups in total.